The maximum atomic E-state index is 12.4. The molecule has 32 heavy (non-hydrogen) atoms. The Labute approximate surface area is 199 Å². The summed E-state index contributed by atoms with van der Waals surface area (Å²) >= 11 is 4.71. The van der Waals surface area contributed by atoms with Crippen molar-refractivity contribution in [3.05, 3.63) is 68.8 Å². The number of halogens is 1. The first-order chi connectivity index (χ1) is 15.4. The molecule has 0 amide bonds. The molecule has 3 aliphatic rings. The van der Waals surface area contributed by atoms with Crippen molar-refractivity contribution in [2.45, 2.75) is 6.92 Å². The molecule has 0 radical (unpaired) electrons. The van der Waals surface area contributed by atoms with E-state index in [2.05, 4.69) is 0 Å². The van der Waals surface area contributed by atoms with E-state index in [1.807, 2.05) is 20.0 Å². The molecule has 0 unspecified atom stereocenters. The summed E-state index contributed by atoms with van der Waals surface area (Å²) in [5.41, 5.74) is 2.65. The Balaban J connectivity index is 2.02. The van der Waals surface area contributed by atoms with E-state index in [1.54, 1.807) is 43.3 Å². The van der Waals surface area contributed by atoms with Crippen molar-refractivity contribution >= 4 is 65.3 Å². The summed E-state index contributed by atoms with van der Waals surface area (Å²) in [6, 6.07) is 11.5. The van der Waals surface area contributed by atoms with Crippen LogP contribution in [-0.2, 0) is 0 Å². The second-order valence-corrected chi connectivity index (χ2v) is 19.3. The van der Waals surface area contributed by atoms with Crippen LogP contribution in [0, 0.1) is 6.92 Å². The average Bonchev–Trinajstić information content (AvgIpc) is 3.31. The molecule has 1 aliphatic carbocycles. The van der Waals surface area contributed by atoms with Crippen LogP contribution in [-0.4, -0.2) is 40.0 Å². The summed E-state index contributed by atoms with van der Waals surface area (Å²) < 4.78 is 7.05. The summed E-state index contributed by atoms with van der Waals surface area (Å²) in [5.74, 6) is 1.33. The summed E-state index contributed by atoms with van der Waals surface area (Å²) in [6.45, 7) is 1.69. The summed E-state index contributed by atoms with van der Waals surface area (Å²) in [4.78, 5) is 24.5. The van der Waals surface area contributed by atoms with Crippen LogP contribution in [0.1, 0.15) is 15.9 Å². The standard InChI is InChI=1S/C23H16AsClO5S2/c1-11-17(26)7-6-14-18(12-4-2-3-5-13(12)23(28)29)15-10-16(25)20(27)19(22(15)30-21(11)14)24-31-8-9-32-24/h2-7,10,27H,8-9H2,1H3,(H,28,29). The minimum absolute atomic E-state index is 0.0116. The third-order valence-electron chi connectivity index (χ3n) is 5.39. The molecule has 2 N–H and O–H groups in total. The molecule has 0 aromatic heterocycles. The third-order valence-corrected chi connectivity index (χ3v) is 19.2. The van der Waals surface area contributed by atoms with Crippen molar-refractivity contribution < 1.29 is 19.4 Å². The van der Waals surface area contributed by atoms with Crippen LogP contribution in [0.2, 0.25) is 5.02 Å². The van der Waals surface area contributed by atoms with Gasteiger partial charge < -0.3 is 0 Å². The molecule has 0 atom stereocenters. The van der Waals surface area contributed by atoms with Crippen LogP contribution in [0.25, 0.3) is 33.4 Å². The van der Waals surface area contributed by atoms with Gasteiger partial charge in [-0.25, -0.2) is 0 Å². The fourth-order valence-corrected chi connectivity index (χ4v) is 19.1. The zero-order chi connectivity index (χ0) is 22.6. The number of carbonyl (C=O) groups is 1. The number of benzene rings is 3. The van der Waals surface area contributed by atoms with E-state index in [4.69, 9.17) is 16.0 Å². The number of hydrogen-bond acceptors (Lipinski definition) is 6. The Morgan fingerprint density at radius 1 is 1.12 bits per heavy atom. The second kappa shape index (κ2) is 8.38. The van der Waals surface area contributed by atoms with E-state index in [1.165, 1.54) is 6.07 Å². The van der Waals surface area contributed by atoms with Gasteiger partial charge in [0.1, 0.15) is 0 Å². The topological polar surface area (TPSA) is 87.7 Å². The number of phenolic OH excluding ortho intramolecular Hbond substituents is 1. The van der Waals surface area contributed by atoms with E-state index in [9.17, 15) is 19.8 Å². The van der Waals surface area contributed by atoms with Crippen LogP contribution >= 0.6 is 31.6 Å². The first kappa shape index (κ1) is 21.8. The number of phenols is 1. The minimum atomic E-state index is -1.78. The summed E-state index contributed by atoms with van der Waals surface area (Å²) in [5, 5.41) is 21.6. The van der Waals surface area contributed by atoms with Gasteiger partial charge in [0.25, 0.3) is 0 Å². The van der Waals surface area contributed by atoms with E-state index < -0.39 is 18.3 Å². The molecule has 0 bridgehead atoms. The van der Waals surface area contributed by atoms with Gasteiger partial charge in [-0.1, -0.05) is 0 Å². The van der Waals surface area contributed by atoms with Gasteiger partial charge >= 0.3 is 200 Å². The molecule has 2 heterocycles. The number of fused-ring (bicyclic) bond motifs is 2. The van der Waals surface area contributed by atoms with Gasteiger partial charge in [-0.15, -0.1) is 0 Å². The van der Waals surface area contributed by atoms with Crippen molar-refractivity contribution in [3.63, 3.8) is 0 Å². The maximum absolute atomic E-state index is 12.4. The fourth-order valence-electron chi connectivity index (χ4n) is 3.90. The van der Waals surface area contributed by atoms with Crippen molar-refractivity contribution in [1.82, 2.24) is 0 Å². The van der Waals surface area contributed by atoms with Gasteiger partial charge in [0.15, 0.2) is 0 Å². The van der Waals surface area contributed by atoms with E-state index in [0.717, 1.165) is 11.5 Å². The molecule has 2 aromatic rings. The summed E-state index contributed by atoms with van der Waals surface area (Å²) in [6.07, 6.45) is 0. The monoisotopic (exact) mass is 546 g/mol. The molecule has 1 saturated heterocycles. The molecule has 162 valence electrons. The molecule has 5 nitrogen and oxygen atoms in total. The number of rotatable bonds is 3. The number of carboxylic acids is 1. The van der Waals surface area contributed by atoms with Gasteiger partial charge in [-0.05, 0) is 0 Å². The Morgan fingerprint density at radius 3 is 2.56 bits per heavy atom. The number of hydrogen-bond donors (Lipinski definition) is 2. The van der Waals surface area contributed by atoms with Crippen molar-refractivity contribution in [1.29, 1.82) is 0 Å². The van der Waals surface area contributed by atoms with E-state index in [0.29, 0.717) is 43.3 Å². The fraction of sp³-hybridized carbons (Fsp3) is 0.130. The van der Waals surface area contributed by atoms with Gasteiger partial charge in [0.05, 0.1) is 0 Å². The number of aromatic carboxylic acids is 1. The number of carboxylic acid groups (broad SMARTS) is 1. The van der Waals surface area contributed by atoms with Crippen LogP contribution in [0.4, 0.5) is 0 Å². The van der Waals surface area contributed by atoms with Gasteiger partial charge in [-0.3, -0.25) is 0 Å². The molecule has 2 aromatic carbocycles. The molecule has 9 heteroatoms. The molecular weight excluding hydrogens is 531 g/mol. The zero-order valence-electron chi connectivity index (χ0n) is 16.7. The van der Waals surface area contributed by atoms with Crippen molar-refractivity contribution in [2.24, 2.45) is 0 Å². The Morgan fingerprint density at radius 2 is 1.84 bits per heavy atom. The van der Waals surface area contributed by atoms with Crippen LogP contribution < -0.4 is 9.78 Å². The second-order valence-electron chi connectivity index (χ2n) is 7.25. The van der Waals surface area contributed by atoms with Crippen LogP contribution in [0.15, 0.2) is 51.7 Å². The molecule has 2 aliphatic heterocycles. The van der Waals surface area contributed by atoms with Crippen molar-refractivity contribution in [2.75, 3.05) is 11.5 Å². The Hall–Kier alpha value is -2.05. The molecular formula is C23H16AsClO5S2. The van der Waals surface area contributed by atoms with Crippen LogP contribution in [0.5, 0.6) is 5.75 Å². The number of aromatic hydroxyl groups is 1. The molecule has 0 spiro atoms. The predicted molar refractivity (Wildman–Crippen MR) is 133 cm³/mol. The van der Waals surface area contributed by atoms with Crippen molar-refractivity contribution in [3.8, 4) is 28.2 Å². The van der Waals surface area contributed by atoms with E-state index in [-0.39, 0.29) is 21.8 Å². The van der Waals surface area contributed by atoms with E-state index >= 15 is 0 Å². The normalized spacial score (nSPS) is 14.4. The van der Waals surface area contributed by atoms with Gasteiger partial charge in [0, 0.05) is 0 Å². The SMILES string of the molecule is Cc1c2oc3c([As]4SCCS4)c(O)c(Cl)cc3c(-c3ccccc3C(=O)O)c-2ccc1=O. The van der Waals surface area contributed by atoms with Crippen LogP contribution in [0.3, 0.4) is 0 Å². The first-order valence-electron chi connectivity index (χ1n) is 9.68. The quantitative estimate of drug-likeness (QED) is 0.273. The first-order valence-corrected chi connectivity index (χ1v) is 17.5. The van der Waals surface area contributed by atoms with Gasteiger partial charge in [0.2, 0.25) is 0 Å². The Kier molecular flexibility index (Phi) is 5.70. The summed E-state index contributed by atoms with van der Waals surface area (Å²) in [7, 11) is 3.66. The molecule has 0 saturated carbocycles. The predicted octanol–water partition coefficient (Wildman–Crippen LogP) is 5.11. The molecule has 5 rings (SSSR count). The zero-order valence-corrected chi connectivity index (χ0v) is 21.0. The Bertz CT molecular complexity index is 1430. The molecule has 1 fully saturated rings. The third kappa shape index (κ3) is 3.43. The van der Waals surface area contributed by atoms with Gasteiger partial charge in [-0.2, -0.15) is 0 Å². The average molecular weight is 547 g/mol.